The highest BCUT2D eigenvalue weighted by atomic mass is 32.1. The molecule has 0 aromatic carbocycles. The molecule has 2 rings (SSSR count). The van der Waals surface area contributed by atoms with E-state index in [0.717, 1.165) is 12.8 Å². The standard InChI is InChI=1S/C11H16N2O2S/c1-6-4-7-8(5-6)11(15)13(10(7)14)3-2-9(12)16/h6-8H,2-5H2,1H3,(H2,12,16). The zero-order valence-electron chi connectivity index (χ0n) is 9.31. The number of carbonyl (C=O) groups is 2. The Morgan fingerprint density at radius 3 is 2.31 bits per heavy atom. The first kappa shape index (κ1) is 11.5. The Bertz CT molecular complexity index is 332. The van der Waals surface area contributed by atoms with Gasteiger partial charge in [0.25, 0.3) is 0 Å². The van der Waals surface area contributed by atoms with Gasteiger partial charge in [0.1, 0.15) is 0 Å². The van der Waals surface area contributed by atoms with E-state index in [1.54, 1.807) is 0 Å². The average molecular weight is 240 g/mol. The molecule has 88 valence electrons. The van der Waals surface area contributed by atoms with E-state index in [2.05, 4.69) is 6.92 Å². The fourth-order valence-corrected chi connectivity index (χ4v) is 2.88. The van der Waals surface area contributed by atoms with Crippen LogP contribution in [0.15, 0.2) is 0 Å². The van der Waals surface area contributed by atoms with Crippen molar-refractivity contribution in [3.05, 3.63) is 0 Å². The summed E-state index contributed by atoms with van der Waals surface area (Å²) in [5.74, 6) is 0.300. The summed E-state index contributed by atoms with van der Waals surface area (Å²) >= 11 is 4.76. The Kier molecular flexibility index (Phi) is 2.97. The molecule has 0 aromatic heterocycles. The Morgan fingerprint density at radius 1 is 1.38 bits per heavy atom. The maximum atomic E-state index is 12.0. The van der Waals surface area contributed by atoms with Crippen LogP contribution in [0.2, 0.25) is 0 Å². The van der Waals surface area contributed by atoms with Gasteiger partial charge in [-0.3, -0.25) is 14.5 Å². The lowest BCUT2D eigenvalue weighted by Gasteiger charge is -2.16. The molecule has 1 aliphatic heterocycles. The second kappa shape index (κ2) is 4.13. The van der Waals surface area contributed by atoms with Crippen molar-refractivity contribution in [1.29, 1.82) is 0 Å². The molecule has 2 fully saturated rings. The number of rotatable bonds is 3. The molecule has 1 aliphatic carbocycles. The summed E-state index contributed by atoms with van der Waals surface area (Å²) in [6.45, 7) is 2.45. The molecule has 1 saturated carbocycles. The van der Waals surface area contributed by atoms with Crippen LogP contribution >= 0.6 is 12.2 Å². The van der Waals surface area contributed by atoms with E-state index in [1.807, 2.05) is 0 Å². The number of nitrogens with two attached hydrogens (primary N) is 1. The van der Waals surface area contributed by atoms with Crippen LogP contribution in [0.4, 0.5) is 0 Å². The number of amides is 2. The molecule has 0 radical (unpaired) electrons. The molecule has 2 N–H and O–H groups in total. The van der Waals surface area contributed by atoms with Crippen LogP contribution < -0.4 is 5.73 Å². The fourth-order valence-electron chi connectivity index (χ4n) is 2.79. The first-order valence-electron chi connectivity index (χ1n) is 5.64. The molecule has 2 unspecified atom stereocenters. The molecule has 2 atom stereocenters. The maximum Gasteiger partial charge on any atom is 0.233 e. The molecule has 0 bridgehead atoms. The predicted molar refractivity (Wildman–Crippen MR) is 63.5 cm³/mol. The van der Waals surface area contributed by atoms with Gasteiger partial charge in [-0.25, -0.2) is 0 Å². The zero-order chi connectivity index (χ0) is 11.9. The summed E-state index contributed by atoms with van der Waals surface area (Å²) in [6.07, 6.45) is 2.12. The van der Waals surface area contributed by atoms with E-state index in [4.69, 9.17) is 18.0 Å². The minimum Gasteiger partial charge on any atom is -0.393 e. The van der Waals surface area contributed by atoms with E-state index in [-0.39, 0.29) is 23.7 Å². The number of hydrogen-bond donors (Lipinski definition) is 1. The summed E-state index contributed by atoms with van der Waals surface area (Å²) in [6, 6.07) is 0. The minimum absolute atomic E-state index is 0.0180. The van der Waals surface area contributed by atoms with Crippen LogP contribution in [-0.2, 0) is 9.59 Å². The Balaban J connectivity index is 2.05. The van der Waals surface area contributed by atoms with Crippen LogP contribution in [0.5, 0.6) is 0 Å². The number of fused-ring (bicyclic) bond motifs is 1. The number of likely N-dealkylation sites (tertiary alicyclic amines) is 1. The van der Waals surface area contributed by atoms with Crippen molar-refractivity contribution in [2.45, 2.75) is 26.2 Å². The second-order valence-corrected chi connectivity index (χ2v) is 5.36. The highest BCUT2D eigenvalue weighted by Gasteiger charge is 2.51. The van der Waals surface area contributed by atoms with Crippen molar-refractivity contribution in [1.82, 2.24) is 4.90 Å². The Hall–Kier alpha value is -0.970. The third-order valence-corrected chi connectivity index (χ3v) is 3.75. The van der Waals surface area contributed by atoms with Crippen molar-refractivity contribution in [2.75, 3.05) is 6.54 Å². The van der Waals surface area contributed by atoms with E-state index >= 15 is 0 Å². The molecule has 2 amide bonds. The Morgan fingerprint density at radius 2 is 1.88 bits per heavy atom. The Labute approximate surface area is 100 Å². The maximum absolute atomic E-state index is 12.0. The average Bonchev–Trinajstić information content (AvgIpc) is 2.66. The number of hydrogen-bond acceptors (Lipinski definition) is 3. The molecule has 5 heteroatoms. The van der Waals surface area contributed by atoms with E-state index in [1.165, 1.54) is 4.90 Å². The highest BCUT2D eigenvalue weighted by Crippen LogP contribution is 2.42. The molecule has 0 spiro atoms. The summed E-state index contributed by atoms with van der Waals surface area (Å²) in [7, 11) is 0. The van der Waals surface area contributed by atoms with Gasteiger partial charge in [-0.15, -0.1) is 0 Å². The van der Waals surface area contributed by atoms with Crippen molar-refractivity contribution >= 4 is 29.0 Å². The molecular formula is C11H16N2O2S. The lowest BCUT2D eigenvalue weighted by molar-refractivity contribution is -0.140. The predicted octanol–water partition coefficient (Wildman–Crippen LogP) is 0.694. The van der Waals surface area contributed by atoms with Gasteiger partial charge in [-0.1, -0.05) is 19.1 Å². The topological polar surface area (TPSA) is 63.4 Å². The van der Waals surface area contributed by atoms with Gasteiger partial charge < -0.3 is 5.73 Å². The summed E-state index contributed by atoms with van der Waals surface area (Å²) in [5, 5.41) is 0. The highest BCUT2D eigenvalue weighted by molar-refractivity contribution is 7.80. The van der Waals surface area contributed by atoms with Gasteiger partial charge in [0.2, 0.25) is 11.8 Å². The molecule has 2 aliphatic rings. The van der Waals surface area contributed by atoms with Gasteiger partial charge in [0.15, 0.2) is 0 Å². The summed E-state index contributed by atoms with van der Waals surface area (Å²) < 4.78 is 0. The number of nitrogens with zero attached hydrogens (tertiary/aromatic N) is 1. The third kappa shape index (κ3) is 1.84. The molecule has 0 aromatic rings. The second-order valence-electron chi connectivity index (χ2n) is 4.83. The van der Waals surface area contributed by atoms with Crippen molar-refractivity contribution in [3.8, 4) is 0 Å². The van der Waals surface area contributed by atoms with Crippen molar-refractivity contribution in [3.63, 3.8) is 0 Å². The number of carbonyl (C=O) groups excluding carboxylic acids is 2. The molecule has 4 nitrogen and oxygen atoms in total. The molecule has 1 heterocycles. The number of imide groups is 1. The minimum atomic E-state index is -0.0751. The van der Waals surface area contributed by atoms with Gasteiger partial charge in [-0.05, 0) is 18.8 Å². The lowest BCUT2D eigenvalue weighted by atomic mass is 10.00. The third-order valence-electron chi connectivity index (χ3n) is 3.55. The zero-order valence-corrected chi connectivity index (χ0v) is 10.1. The first-order chi connectivity index (χ1) is 7.50. The summed E-state index contributed by atoms with van der Waals surface area (Å²) in [4.78, 5) is 25.7. The molecule has 16 heavy (non-hydrogen) atoms. The van der Waals surface area contributed by atoms with Gasteiger partial charge in [0, 0.05) is 13.0 Å². The van der Waals surface area contributed by atoms with Crippen molar-refractivity contribution in [2.24, 2.45) is 23.5 Å². The number of thiocarbonyl (C=S) groups is 1. The normalized spacial score (nSPS) is 33.3. The fraction of sp³-hybridized carbons (Fsp3) is 0.727. The van der Waals surface area contributed by atoms with Crippen molar-refractivity contribution < 1.29 is 9.59 Å². The summed E-state index contributed by atoms with van der Waals surface area (Å²) in [5.41, 5.74) is 5.38. The SMILES string of the molecule is CC1CC2C(=O)N(CCC(N)=S)C(=O)C2C1. The van der Waals surface area contributed by atoms with Gasteiger partial charge in [-0.2, -0.15) is 0 Å². The first-order valence-corrected chi connectivity index (χ1v) is 6.05. The van der Waals surface area contributed by atoms with Crippen LogP contribution in [-0.4, -0.2) is 28.2 Å². The van der Waals surface area contributed by atoms with Crippen LogP contribution in [0, 0.1) is 17.8 Å². The molecule has 1 saturated heterocycles. The van der Waals surface area contributed by atoms with Crippen LogP contribution in [0.3, 0.4) is 0 Å². The van der Waals surface area contributed by atoms with E-state index in [0.29, 0.717) is 23.9 Å². The van der Waals surface area contributed by atoms with Gasteiger partial charge in [0.05, 0.1) is 16.8 Å². The van der Waals surface area contributed by atoms with E-state index < -0.39 is 0 Å². The van der Waals surface area contributed by atoms with E-state index in [9.17, 15) is 9.59 Å². The monoisotopic (exact) mass is 240 g/mol. The van der Waals surface area contributed by atoms with Gasteiger partial charge >= 0.3 is 0 Å². The molecular weight excluding hydrogens is 224 g/mol. The lowest BCUT2D eigenvalue weighted by Crippen LogP contribution is -2.34. The largest absolute Gasteiger partial charge is 0.393 e. The smallest absolute Gasteiger partial charge is 0.233 e. The quantitative estimate of drug-likeness (QED) is 0.582. The van der Waals surface area contributed by atoms with Crippen LogP contribution in [0.25, 0.3) is 0 Å². The van der Waals surface area contributed by atoms with Crippen LogP contribution in [0.1, 0.15) is 26.2 Å².